The fourth-order valence-corrected chi connectivity index (χ4v) is 6.18. The summed E-state index contributed by atoms with van der Waals surface area (Å²) in [4.78, 5) is 13.1. The van der Waals surface area contributed by atoms with Crippen molar-refractivity contribution < 1.29 is 13.2 Å². The van der Waals surface area contributed by atoms with Gasteiger partial charge in [0.1, 0.15) is 0 Å². The number of aryl methyl sites for hydroxylation is 2. The van der Waals surface area contributed by atoms with Gasteiger partial charge in [0.05, 0.1) is 10.9 Å². The summed E-state index contributed by atoms with van der Waals surface area (Å²) in [5.41, 5.74) is 4.26. The number of hydrogen-bond donors (Lipinski definition) is 1. The standard InChI is InChI=1S/C25H32N2O3S/c1-19(21-14-13-20-9-4-5-10-22(20)17-21)26-25(28)23-11-8-12-24(18-23)31(29,30)27-15-6-2-3-7-16-27/h8,11-14,17-19H,2-7,9-10,15-16H2,1H3,(H,26,28)/t19-/m1/s1. The number of benzene rings is 2. The highest BCUT2D eigenvalue weighted by Crippen LogP contribution is 2.25. The van der Waals surface area contributed by atoms with Gasteiger partial charge in [0.15, 0.2) is 0 Å². The molecule has 31 heavy (non-hydrogen) atoms. The molecule has 0 aromatic heterocycles. The van der Waals surface area contributed by atoms with Crippen LogP contribution in [0, 0.1) is 0 Å². The first kappa shape index (κ1) is 22.0. The first-order chi connectivity index (χ1) is 14.9. The zero-order chi connectivity index (χ0) is 21.8. The van der Waals surface area contributed by atoms with E-state index in [0.717, 1.165) is 44.1 Å². The fourth-order valence-electron chi connectivity index (χ4n) is 4.61. The van der Waals surface area contributed by atoms with Gasteiger partial charge in [-0.2, -0.15) is 4.31 Å². The van der Waals surface area contributed by atoms with Crippen molar-refractivity contribution in [2.75, 3.05) is 13.1 Å². The van der Waals surface area contributed by atoms with Crippen molar-refractivity contribution in [3.63, 3.8) is 0 Å². The normalized spacial score (nSPS) is 18.6. The minimum Gasteiger partial charge on any atom is -0.346 e. The molecule has 2 aliphatic rings. The van der Waals surface area contributed by atoms with Gasteiger partial charge in [-0.1, -0.05) is 37.1 Å². The van der Waals surface area contributed by atoms with Crippen LogP contribution in [0.1, 0.15) is 78.5 Å². The Labute approximate surface area is 185 Å². The van der Waals surface area contributed by atoms with Crippen molar-refractivity contribution in [3.05, 3.63) is 64.7 Å². The lowest BCUT2D eigenvalue weighted by molar-refractivity contribution is 0.0939. The molecule has 1 fully saturated rings. The Bertz CT molecular complexity index is 1040. The summed E-state index contributed by atoms with van der Waals surface area (Å²) in [7, 11) is -3.58. The molecule has 6 heteroatoms. The molecule has 0 unspecified atom stereocenters. The molecule has 0 radical (unpaired) electrons. The molecule has 1 amide bonds. The quantitative estimate of drug-likeness (QED) is 0.738. The Morgan fingerprint density at radius 3 is 2.35 bits per heavy atom. The number of nitrogens with zero attached hydrogens (tertiary/aromatic N) is 1. The second-order valence-corrected chi connectivity index (χ2v) is 10.7. The maximum atomic E-state index is 13.1. The molecule has 1 heterocycles. The summed E-state index contributed by atoms with van der Waals surface area (Å²) in [5.74, 6) is -0.252. The minimum atomic E-state index is -3.58. The lowest BCUT2D eigenvalue weighted by Crippen LogP contribution is -2.32. The Morgan fingerprint density at radius 1 is 0.903 bits per heavy atom. The highest BCUT2D eigenvalue weighted by molar-refractivity contribution is 7.89. The third kappa shape index (κ3) is 5.01. The van der Waals surface area contributed by atoms with E-state index < -0.39 is 10.0 Å². The molecule has 1 N–H and O–H groups in total. The largest absolute Gasteiger partial charge is 0.346 e. The van der Waals surface area contributed by atoms with Crippen LogP contribution in [-0.2, 0) is 22.9 Å². The molecule has 0 saturated carbocycles. The van der Waals surface area contributed by atoms with E-state index in [4.69, 9.17) is 0 Å². The van der Waals surface area contributed by atoms with Crippen LogP contribution < -0.4 is 5.32 Å². The molecule has 5 nitrogen and oxygen atoms in total. The summed E-state index contributed by atoms with van der Waals surface area (Å²) in [5, 5.41) is 3.04. The van der Waals surface area contributed by atoms with Crippen molar-refractivity contribution in [1.29, 1.82) is 0 Å². The van der Waals surface area contributed by atoms with E-state index in [0.29, 0.717) is 18.7 Å². The average molecular weight is 441 g/mol. The van der Waals surface area contributed by atoms with E-state index >= 15 is 0 Å². The second kappa shape index (κ2) is 9.53. The van der Waals surface area contributed by atoms with Gasteiger partial charge in [0.2, 0.25) is 10.0 Å². The molecule has 166 valence electrons. The van der Waals surface area contributed by atoms with Crippen LogP contribution in [0.2, 0.25) is 0 Å². The zero-order valence-electron chi connectivity index (χ0n) is 18.3. The number of nitrogens with one attached hydrogen (secondary N) is 1. The summed E-state index contributed by atoms with van der Waals surface area (Å²) in [6, 6.07) is 12.8. The Balaban J connectivity index is 1.49. The van der Waals surface area contributed by atoms with Gasteiger partial charge in [0, 0.05) is 18.7 Å². The van der Waals surface area contributed by atoms with Gasteiger partial charge in [-0.25, -0.2) is 8.42 Å². The molecule has 1 aliphatic carbocycles. The molecular formula is C25H32N2O3S. The number of fused-ring (bicyclic) bond motifs is 1. The maximum absolute atomic E-state index is 13.1. The number of carbonyl (C=O) groups is 1. The third-order valence-electron chi connectivity index (χ3n) is 6.52. The molecule has 0 bridgehead atoms. The fraction of sp³-hybridized carbons (Fsp3) is 0.480. The van der Waals surface area contributed by atoms with Gasteiger partial charge in [-0.15, -0.1) is 0 Å². The highest BCUT2D eigenvalue weighted by atomic mass is 32.2. The smallest absolute Gasteiger partial charge is 0.251 e. The summed E-state index contributed by atoms with van der Waals surface area (Å²) in [6.45, 7) is 3.07. The first-order valence-corrected chi connectivity index (χ1v) is 12.9. The van der Waals surface area contributed by atoms with Gasteiger partial charge in [-0.05, 0) is 80.3 Å². The first-order valence-electron chi connectivity index (χ1n) is 11.5. The van der Waals surface area contributed by atoms with E-state index in [1.165, 1.54) is 30.0 Å². The summed E-state index contributed by atoms with van der Waals surface area (Å²) in [6.07, 6.45) is 8.60. The highest BCUT2D eigenvalue weighted by Gasteiger charge is 2.26. The molecular weight excluding hydrogens is 408 g/mol. The van der Waals surface area contributed by atoms with Crippen LogP contribution in [0.4, 0.5) is 0 Å². The monoisotopic (exact) mass is 440 g/mol. The number of sulfonamides is 1. The Kier molecular flexibility index (Phi) is 6.77. The van der Waals surface area contributed by atoms with E-state index in [-0.39, 0.29) is 16.8 Å². The predicted octanol–water partition coefficient (Wildman–Crippen LogP) is 4.62. The van der Waals surface area contributed by atoms with Crippen LogP contribution in [-0.4, -0.2) is 31.7 Å². The molecule has 2 aromatic rings. The molecule has 1 atom stereocenters. The SMILES string of the molecule is C[C@@H](NC(=O)c1cccc(S(=O)(=O)N2CCCCCC2)c1)c1ccc2c(c1)CCCC2. The Morgan fingerprint density at radius 2 is 1.61 bits per heavy atom. The topological polar surface area (TPSA) is 66.5 Å². The van der Waals surface area contributed by atoms with Crippen LogP contribution in [0.25, 0.3) is 0 Å². The number of hydrogen-bond acceptors (Lipinski definition) is 3. The van der Waals surface area contributed by atoms with Crippen molar-refractivity contribution in [2.24, 2.45) is 0 Å². The van der Waals surface area contributed by atoms with E-state index in [1.807, 2.05) is 6.92 Å². The van der Waals surface area contributed by atoms with Gasteiger partial charge < -0.3 is 5.32 Å². The summed E-state index contributed by atoms with van der Waals surface area (Å²) < 4.78 is 27.7. The predicted molar refractivity (Wildman–Crippen MR) is 123 cm³/mol. The van der Waals surface area contributed by atoms with Crippen LogP contribution in [0.5, 0.6) is 0 Å². The summed E-state index contributed by atoms with van der Waals surface area (Å²) >= 11 is 0. The lowest BCUT2D eigenvalue weighted by Gasteiger charge is -2.21. The second-order valence-electron chi connectivity index (χ2n) is 8.78. The number of rotatable bonds is 5. The van der Waals surface area contributed by atoms with E-state index in [1.54, 1.807) is 22.5 Å². The third-order valence-corrected chi connectivity index (χ3v) is 8.41. The molecule has 1 saturated heterocycles. The number of carbonyl (C=O) groups excluding carboxylic acids is 1. The van der Waals surface area contributed by atoms with Crippen LogP contribution in [0.15, 0.2) is 47.4 Å². The van der Waals surface area contributed by atoms with E-state index in [2.05, 4.69) is 23.5 Å². The van der Waals surface area contributed by atoms with Gasteiger partial charge in [-0.3, -0.25) is 4.79 Å². The van der Waals surface area contributed by atoms with Crippen molar-refractivity contribution >= 4 is 15.9 Å². The maximum Gasteiger partial charge on any atom is 0.251 e. The van der Waals surface area contributed by atoms with E-state index in [9.17, 15) is 13.2 Å². The molecule has 1 aliphatic heterocycles. The molecule has 0 spiro atoms. The van der Waals surface area contributed by atoms with Crippen LogP contribution in [0.3, 0.4) is 0 Å². The molecule has 2 aromatic carbocycles. The molecule has 4 rings (SSSR count). The van der Waals surface area contributed by atoms with Crippen molar-refractivity contribution in [1.82, 2.24) is 9.62 Å². The number of amides is 1. The van der Waals surface area contributed by atoms with Crippen molar-refractivity contribution in [3.8, 4) is 0 Å². The van der Waals surface area contributed by atoms with Crippen molar-refractivity contribution in [2.45, 2.75) is 69.2 Å². The lowest BCUT2D eigenvalue weighted by atomic mass is 9.89. The minimum absolute atomic E-state index is 0.148. The van der Waals surface area contributed by atoms with Gasteiger partial charge >= 0.3 is 0 Å². The Hall–Kier alpha value is -2.18. The van der Waals surface area contributed by atoms with Crippen LogP contribution >= 0.6 is 0 Å². The van der Waals surface area contributed by atoms with Gasteiger partial charge in [0.25, 0.3) is 5.91 Å². The average Bonchev–Trinajstić information content (AvgIpc) is 3.09. The zero-order valence-corrected chi connectivity index (χ0v) is 19.1.